The van der Waals surface area contributed by atoms with Crippen molar-refractivity contribution in [3.8, 4) is 0 Å². The Bertz CT molecular complexity index is 753. The van der Waals surface area contributed by atoms with Crippen LogP contribution >= 0.6 is 0 Å². The molecule has 0 aliphatic rings. The van der Waals surface area contributed by atoms with Crippen molar-refractivity contribution in [3.05, 3.63) is 0 Å². The first-order chi connectivity index (χ1) is 17.1. The molecular formula is C35H81GeSi6+. The van der Waals surface area contributed by atoms with Crippen LogP contribution in [0.3, 0.4) is 0 Å². The van der Waals surface area contributed by atoms with Crippen molar-refractivity contribution in [2.24, 2.45) is 0 Å². The zero-order chi connectivity index (χ0) is 34.4. The van der Waals surface area contributed by atoms with E-state index in [1.807, 2.05) is 0 Å². The Labute approximate surface area is 290 Å². The van der Waals surface area contributed by atoms with Crippen molar-refractivity contribution in [2.45, 2.75) is 226 Å². The van der Waals surface area contributed by atoms with Crippen LogP contribution in [0.15, 0.2) is 0 Å². The maximum absolute atomic E-state index is 2.87. The third-order valence-electron chi connectivity index (χ3n) is 10.9. The molecule has 0 aliphatic carbocycles. The van der Waals surface area contributed by atoms with Crippen molar-refractivity contribution < 1.29 is 0 Å². The second-order valence-corrected chi connectivity index (χ2v) is 60.8. The van der Waals surface area contributed by atoms with E-state index in [4.69, 9.17) is 0 Å². The molecule has 0 spiro atoms. The normalized spacial score (nSPS) is 15.5. The molecule has 0 saturated carbocycles. The van der Waals surface area contributed by atoms with Gasteiger partial charge in [0.2, 0.25) is 7.35 Å². The van der Waals surface area contributed by atoms with Gasteiger partial charge in [-0.25, -0.2) is 0 Å². The van der Waals surface area contributed by atoms with Gasteiger partial charge in [0, 0.05) is 17.6 Å². The third-order valence-corrected chi connectivity index (χ3v) is 79.9. The van der Waals surface area contributed by atoms with Crippen LogP contribution in [-0.4, -0.2) is 65.8 Å². The molecule has 0 fully saturated rings. The summed E-state index contributed by atoms with van der Waals surface area (Å²) < 4.78 is 0. The fourth-order valence-electron chi connectivity index (χ4n) is 7.06. The van der Waals surface area contributed by atoms with Gasteiger partial charge in [-0.2, -0.15) is 0 Å². The van der Waals surface area contributed by atoms with Crippen molar-refractivity contribution in [1.29, 1.82) is 0 Å². The van der Waals surface area contributed by atoms with E-state index >= 15 is 0 Å². The van der Waals surface area contributed by atoms with E-state index in [0.717, 1.165) is 0 Å². The van der Waals surface area contributed by atoms with Gasteiger partial charge in [-0.3, -0.25) is 0 Å². The number of hydrogen-bond donors (Lipinski definition) is 0. The Hall–Kier alpha value is 1.84. The van der Waals surface area contributed by atoms with Gasteiger partial charge in [0.05, 0.1) is 24.7 Å². The average molecular weight is 743 g/mol. The third kappa shape index (κ3) is 11.8. The Kier molecular flexibility index (Phi) is 16.7. The minimum absolute atomic E-state index is 0. The van der Waals surface area contributed by atoms with E-state index in [1.165, 1.54) is 8.55 Å². The van der Waals surface area contributed by atoms with E-state index in [2.05, 4.69) is 186 Å². The molecule has 0 amide bonds. The molecule has 0 aromatic heterocycles. The SMILES string of the molecule is CC(C)(C)[Si]([Si]([Si+][Si](C)(C(C)(C)C)C(C)(C)C)[Si](C)(C(C)(C)C)C(C)(C)C)C(C)(C)C.C[Si](C(C)(C)C)C(C)(C)C.[Ge]. The molecule has 42 heavy (non-hydrogen) atoms. The standard InChI is InChI=1S/C26H60Si5.C9H21Si.Ge/c1-21(2,3)28(22(4,5)6)29(31(20,25(13,14)15)26(16,17)18)27-30(19,23(7,8)9)24(10,11)12;1-8(2,3)10(7)9(4,5)6;/h1-20H3;1-7H3;/q+1;;. The van der Waals surface area contributed by atoms with Crippen LogP contribution in [0.4, 0.5) is 0 Å². The summed E-state index contributed by atoms with van der Waals surface area (Å²) in [4.78, 5) is 0. The Morgan fingerprint density at radius 1 is 0.405 bits per heavy atom. The molecule has 8 radical (unpaired) electrons. The van der Waals surface area contributed by atoms with E-state index in [9.17, 15) is 0 Å². The molecule has 0 N–H and O–H groups in total. The van der Waals surface area contributed by atoms with Crippen LogP contribution in [0.5, 0.6) is 0 Å². The molecule has 0 heterocycles. The van der Waals surface area contributed by atoms with Crippen LogP contribution in [0.25, 0.3) is 0 Å². The topological polar surface area (TPSA) is 0 Å². The van der Waals surface area contributed by atoms with E-state index in [-0.39, 0.29) is 26.4 Å². The zero-order valence-corrected chi connectivity index (χ0v) is 42.6. The van der Waals surface area contributed by atoms with E-state index < -0.39 is 30.8 Å². The van der Waals surface area contributed by atoms with Crippen LogP contribution in [-0.2, 0) is 0 Å². The fraction of sp³-hybridized carbons (Fsp3) is 1.00. The first-order valence-corrected chi connectivity index (χ1v) is 31.5. The molecular weight excluding hydrogens is 662 g/mol. The van der Waals surface area contributed by atoms with Crippen molar-refractivity contribution in [2.75, 3.05) is 0 Å². The maximum atomic E-state index is 2.87. The van der Waals surface area contributed by atoms with Gasteiger partial charge in [0.1, 0.15) is 0 Å². The molecule has 0 aromatic rings. The summed E-state index contributed by atoms with van der Waals surface area (Å²) in [7, 11) is -3.30. The number of rotatable bonds is 4. The molecule has 0 rings (SSSR count). The Morgan fingerprint density at radius 2 is 0.643 bits per heavy atom. The first-order valence-electron chi connectivity index (χ1n) is 16.5. The minimum Gasteiger partial charge on any atom is -0.0703 e. The largest absolute Gasteiger partial charge is 0.351 e. The van der Waals surface area contributed by atoms with Crippen LogP contribution in [0.1, 0.15) is 166 Å². The quantitative estimate of drug-likeness (QED) is 0.252. The van der Waals surface area contributed by atoms with Gasteiger partial charge in [0.25, 0.3) is 7.59 Å². The molecule has 0 saturated heterocycles. The Balaban J connectivity index is -0.00000117. The van der Waals surface area contributed by atoms with Gasteiger partial charge < -0.3 is 0 Å². The zero-order valence-electron chi connectivity index (χ0n) is 34.5. The minimum atomic E-state index is -1.64. The van der Waals surface area contributed by atoms with Crippen LogP contribution in [0.2, 0.25) is 59.9 Å². The number of hydrogen-bond acceptors (Lipinski definition) is 0. The summed E-state index contributed by atoms with van der Waals surface area (Å²) in [6.45, 7) is 69.1. The molecule has 7 heteroatoms. The summed E-state index contributed by atoms with van der Waals surface area (Å²) in [5.74, 6) is 0. The van der Waals surface area contributed by atoms with Gasteiger partial charge in [0.15, 0.2) is 0 Å². The van der Waals surface area contributed by atoms with Gasteiger partial charge in [-0.1, -0.05) is 179 Å². The maximum Gasteiger partial charge on any atom is 0.351 e. The molecule has 0 aliphatic heterocycles. The summed E-state index contributed by atoms with van der Waals surface area (Å²) >= 11 is 0. The van der Waals surface area contributed by atoms with Gasteiger partial charge >= 0.3 is 8.55 Å². The first kappa shape index (κ1) is 48.2. The predicted molar refractivity (Wildman–Crippen MR) is 216 cm³/mol. The van der Waals surface area contributed by atoms with Crippen molar-refractivity contribution in [1.82, 2.24) is 0 Å². The fourth-order valence-corrected chi connectivity index (χ4v) is 106. The Morgan fingerprint density at radius 3 is 0.762 bits per heavy atom. The van der Waals surface area contributed by atoms with E-state index in [1.54, 1.807) is 0 Å². The molecule has 248 valence electrons. The van der Waals surface area contributed by atoms with Crippen LogP contribution in [0, 0.1) is 0 Å². The summed E-state index contributed by atoms with van der Waals surface area (Å²) in [5.41, 5.74) is 0. The van der Waals surface area contributed by atoms with Gasteiger partial charge in [-0.15, -0.1) is 0 Å². The molecule has 0 nitrogen and oxygen atoms in total. The van der Waals surface area contributed by atoms with Crippen LogP contribution < -0.4 is 0 Å². The predicted octanol–water partition coefficient (Wildman–Crippen LogP) is 13.1. The second kappa shape index (κ2) is 14.5. The monoisotopic (exact) mass is 743 g/mol. The van der Waals surface area contributed by atoms with Crippen molar-refractivity contribution >= 4 is 65.8 Å². The summed E-state index contributed by atoms with van der Waals surface area (Å²) in [5, 5.41) is 3.72. The smallest absolute Gasteiger partial charge is 0.0703 e. The molecule has 0 bridgehead atoms. The molecule has 0 unspecified atom stereocenters. The molecule has 0 atom stereocenters. The second-order valence-electron chi connectivity index (χ2n) is 21.8. The average Bonchev–Trinajstić information content (AvgIpc) is 2.59. The summed E-state index contributed by atoms with van der Waals surface area (Å²) in [6, 6.07) is 0. The van der Waals surface area contributed by atoms with Crippen molar-refractivity contribution in [3.63, 3.8) is 0 Å². The summed E-state index contributed by atoms with van der Waals surface area (Å²) in [6.07, 6.45) is 0. The molecule has 0 aromatic carbocycles. The van der Waals surface area contributed by atoms with E-state index in [0.29, 0.717) is 40.3 Å². The van der Waals surface area contributed by atoms with Gasteiger partial charge in [-0.05, 0) is 46.9 Å².